The molecule has 0 aliphatic rings. The normalized spacial score (nSPS) is 10.2. The maximum absolute atomic E-state index is 12.2. The van der Waals surface area contributed by atoms with E-state index in [1.807, 2.05) is 12.1 Å². The van der Waals surface area contributed by atoms with Crippen LogP contribution in [0.4, 0.5) is 10.5 Å². The molecule has 28 heavy (non-hydrogen) atoms. The van der Waals surface area contributed by atoms with Crippen LogP contribution in [0.15, 0.2) is 42.5 Å². The molecule has 0 fully saturated rings. The predicted molar refractivity (Wildman–Crippen MR) is 101 cm³/mol. The average Bonchev–Trinajstić information content (AvgIpc) is 3.21. The van der Waals surface area contributed by atoms with E-state index >= 15 is 0 Å². The third kappa shape index (κ3) is 4.29. The van der Waals surface area contributed by atoms with Crippen LogP contribution in [0.1, 0.15) is 5.82 Å². The third-order valence-electron chi connectivity index (χ3n) is 3.90. The van der Waals surface area contributed by atoms with Gasteiger partial charge in [-0.1, -0.05) is 0 Å². The summed E-state index contributed by atoms with van der Waals surface area (Å²) in [5.74, 6) is 2.30. The van der Waals surface area contributed by atoms with Crippen molar-refractivity contribution in [3.05, 3.63) is 48.3 Å². The number of anilines is 1. The van der Waals surface area contributed by atoms with E-state index in [0.29, 0.717) is 23.0 Å². The zero-order valence-corrected chi connectivity index (χ0v) is 15.7. The SMILES string of the molecule is COc1ccc(-n2nnnc2CNC(=O)Nc2ccc(OC)c(OC)c2)cc1. The van der Waals surface area contributed by atoms with Gasteiger partial charge in [0.15, 0.2) is 17.3 Å². The second kappa shape index (κ2) is 8.71. The van der Waals surface area contributed by atoms with Gasteiger partial charge in [0.25, 0.3) is 0 Å². The molecular weight excluding hydrogens is 364 g/mol. The Labute approximate surface area is 161 Å². The molecule has 0 unspecified atom stereocenters. The summed E-state index contributed by atoms with van der Waals surface area (Å²) >= 11 is 0. The quantitative estimate of drug-likeness (QED) is 0.641. The van der Waals surface area contributed by atoms with Gasteiger partial charge in [0.05, 0.1) is 33.6 Å². The van der Waals surface area contributed by atoms with Crippen molar-refractivity contribution in [2.24, 2.45) is 0 Å². The van der Waals surface area contributed by atoms with Crippen LogP contribution in [0.3, 0.4) is 0 Å². The van der Waals surface area contributed by atoms with Crippen molar-refractivity contribution in [3.63, 3.8) is 0 Å². The number of rotatable bonds is 7. The van der Waals surface area contributed by atoms with E-state index in [1.54, 1.807) is 44.6 Å². The second-order valence-corrected chi connectivity index (χ2v) is 5.58. The van der Waals surface area contributed by atoms with Gasteiger partial charge < -0.3 is 24.8 Å². The molecule has 0 spiro atoms. The van der Waals surface area contributed by atoms with E-state index in [2.05, 4.69) is 26.2 Å². The number of nitrogens with zero attached hydrogens (tertiary/aromatic N) is 4. The van der Waals surface area contributed by atoms with Crippen LogP contribution in [0.25, 0.3) is 5.69 Å². The minimum absolute atomic E-state index is 0.137. The number of urea groups is 1. The molecule has 2 aromatic carbocycles. The number of aromatic nitrogens is 4. The lowest BCUT2D eigenvalue weighted by Crippen LogP contribution is -2.29. The molecule has 0 saturated carbocycles. The molecule has 0 radical (unpaired) electrons. The van der Waals surface area contributed by atoms with E-state index in [9.17, 15) is 4.79 Å². The first kappa shape index (κ1) is 19.0. The number of nitrogens with one attached hydrogen (secondary N) is 2. The van der Waals surface area contributed by atoms with Gasteiger partial charge in [-0.05, 0) is 46.8 Å². The molecule has 1 aromatic heterocycles. The minimum Gasteiger partial charge on any atom is -0.497 e. The number of methoxy groups -OCH3 is 3. The Bertz CT molecular complexity index is 942. The molecule has 2 amide bonds. The molecule has 3 aromatic rings. The molecule has 10 nitrogen and oxygen atoms in total. The topological polar surface area (TPSA) is 112 Å². The Kier molecular flexibility index (Phi) is 5.90. The first-order valence-corrected chi connectivity index (χ1v) is 8.33. The Morgan fingerprint density at radius 2 is 1.75 bits per heavy atom. The summed E-state index contributed by atoms with van der Waals surface area (Å²) in [6, 6.07) is 11.9. The van der Waals surface area contributed by atoms with Crippen molar-refractivity contribution in [2.45, 2.75) is 6.54 Å². The minimum atomic E-state index is -0.406. The van der Waals surface area contributed by atoms with Crippen molar-refractivity contribution in [1.82, 2.24) is 25.5 Å². The lowest BCUT2D eigenvalue weighted by atomic mass is 10.3. The number of hydrogen-bond donors (Lipinski definition) is 2. The lowest BCUT2D eigenvalue weighted by molar-refractivity contribution is 0.251. The molecule has 0 saturated heterocycles. The average molecular weight is 384 g/mol. The highest BCUT2D eigenvalue weighted by atomic mass is 16.5. The highest BCUT2D eigenvalue weighted by Gasteiger charge is 2.11. The zero-order chi connectivity index (χ0) is 19.9. The maximum Gasteiger partial charge on any atom is 0.319 e. The van der Waals surface area contributed by atoms with Gasteiger partial charge in [-0.2, -0.15) is 4.68 Å². The molecule has 146 valence electrons. The number of tetrazole rings is 1. The molecule has 1 heterocycles. The van der Waals surface area contributed by atoms with Gasteiger partial charge in [0, 0.05) is 11.8 Å². The van der Waals surface area contributed by atoms with Crippen molar-refractivity contribution < 1.29 is 19.0 Å². The molecule has 2 N–H and O–H groups in total. The summed E-state index contributed by atoms with van der Waals surface area (Å²) in [5, 5.41) is 17.0. The Morgan fingerprint density at radius 3 is 2.43 bits per heavy atom. The summed E-state index contributed by atoms with van der Waals surface area (Å²) in [6.07, 6.45) is 0. The molecule has 0 bridgehead atoms. The van der Waals surface area contributed by atoms with Gasteiger partial charge in [-0.15, -0.1) is 5.10 Å². The fourth-order valence-electron chi connectivity index (χ4n) is 2.49. The summed E-state index contributed by atoms with van der Waals surface area (Å²) < 4.78 is 17.1. The van der Waals surface area contributed by atoms with Crippen LogP contribution in [0, 0.1) is 0 Å². The van der Waals surface area contributed by atoms with Crippen molar-refractivity contribution in [2.75, 3.05) is 26.6 Å². The van der Waals surface area contributed by atoms with Crippen molar-refractivity contribution >= 4 is 11.7 Å². The van der Waals surface area contributed by atoms with Crippen LogP contribution in [0.2, 0.25) is 0 Å². The van der Waals surface area contributed by atoms with Gasteiger partial charge in [0.1, 0.15) is 5.75 Å². The summed E-state index contributed by atoms with van der Waals surface area (Å²) in [4.78, 5) is 12.2. The Hall–Kier alpha value is -3.82. The third-order valence-corrected chi connectivity index (χ3v) is 3.90. The van der Waals surface area contributed by atoms with E-state index in [-0.39, 0.29) is 6.54 Å². The number of amides is 2. The first-order valence-electron chi connectivity index (χ1n) is 8.33. The zero-order valence-electron chi connectivity index (χ0n) is 15.7. The largest absolute Gasteiger partial charge is 0.497 e. The number of ether oxygens (including phenoxy) is 3. The van der Waals surface area contributed by atoms with Crippen LogP contribution < -0.4 is 24.8 Å². The van der Waals surface area contributed by atoms with Crippen LogP contribution in [-0.2, 0) is 6.54 Å². The van der Waals surface area contributed by atoms with E-state index < -0.39 is 6.03 Å². The smallest absolute Gasteiger partial charge is 0.319 e. The standard InChI is InChI=1S/C18H20N6O4/c1-26-14-7-5-13(6-8-14)24-17(21-22-23-24)11-19-18(25)20-12-4-9-15(27-2)16(10-12)28-3/h4-10H,11H2,1-3H3,(H2,19,20,25). The first-order chi connectivity index (χ1) is 13.6. The number of hydrogen-bond acceptors (Lipinski definition) is 7. The Balaban J connectivity index is 1.63. The summed E-state index contributed by atoms with van der Waals surface area (Å²) in [6.45, 7) is 0.137. The molecule has 10 heteroatoms. The summed E-state index contributed by atoms with van der Waals surface area (Å²) in [7, 11) is 4.67. The Morgan fingerprint density at radius 1 is 1.00 bits per heavy atom. The highest BCUT2D eigenvalue weighted by Crippen LogP contribution is 2.29. The molecule has 0 atom stereocenters. The van der Waals surface area contributed by atoms with Gasteiger partial charge >= 0.3 is 6.03 Å². The van der Waals surface area contributed by atoms with Crippen molar-refractivity contribution in [1.29, 1.82) is 0 Å². The number of carbonyl (C=O) groups is 1. The molecular formula is C18H20N6O4. The van der Waals surface area contributed by atoms with Gasteiger partial charge in [0.2, 0.25) is 0 Å². The molecule has 0 aliphatic carbocycles. The number of carbonyl (C=O) groups excluding carboxylic acids is 1. The molecule has 0 aliphatic heterocycles. The lowest BCUT2D eigenvalue weighted by Gasteiger charge is -2.11. The van der Waals surface area contributed by atoms with E-state index in [1.165, 1.54) is 11.8 Å². The predicted octanol–water partition coefficient (Wildman–Crippen LogP) is 2.01. The fourth-order valence-corrected chi connectivity index (χ4v) is 2.49. The fraction of sp³-hybridized carbons (Fsp3) is 0.222. The second-order valence-electron chi connectivity index (χ2n) is 5.58. The van der Waals surface area contributed by atoms with Crippen LogP contribution in [0.5, 0.6) is 17.2 Å². The maximum atomic E-state index is 12.2. The van der Waals surface area contributed by atoms with E-state index in [4.69, 9.17) is 14.2 Å². The van der Waals surface area contributed by atoms with Crippen molar-refractivity contribution in [3.8, 4) is 22.9 Å². The van der Waals surface area contributed by atoms with Crippen LogP contribution in [-0.4, -0.2) is 47.6 Å². The van der Waals surface area contributed by atoms with Gasteiger partial charge in [-0.25, -0.2) is 4.79 Å². The molecule has 3 rings (SSSR count). The van der Waals surface area contributed by atoms with Crippen LogP contribution >= 0.6 is 0 Å². The van der Waals surface area contributed by atoms with E-state index in [0.717, 1.165) is 11.4 Å². The highest BCUT2D eigenvalue weighted by molar-refractivity contribution is 5.89. The summed E-state index contributed by atoms with van der Waals surface area (Å²) in [5.41, 5.74) is 1.31. The number of benzene rings is 2. The van der Waals surface area contributed by atoms with Gasteiger partial charge in [-0.3, -0.25) is 0 Å². The monoisotopic (exact) mass is 384 g/mol.